The SMILES string of the molecule is c1ccc(-c2ccc(C3Nc4ccccc4N3c3cccc(-c4ccc5cc(-c6cc7c8ccccc8oc7c7c6oc6ccccc67)ccc5c4)c3)cc2)cc1. The number of hydrogen-bond acceptors (Lipinski definition) is 4. The van der Waals surface area contributed by atoms with E-state index in [0.717, 1.165) is 72.1 Å². The molecule has 4 heteroatoms. The molecule has 3 heterocycles. The minimum atomic E-state index is -0.0463. The van der Waals surface area contributed by atoms with Gasteiger partial charge in [-0.3, -0.25) is 0 Å². The first-order valence-corrected chi connectivity index (χ1v) is 19.4. The number of fused-ring (bicyclic) bond motifs is 9. The van der Waals surface area contributed by atoms with Gasteiger partial charge < -0.3 is 19.1 Å². The zero-order valence-corrected chi connectivity index (χ0v) is 30.8. The Bertz CT molecular complexity index is 3340. The van der Waals surface area contributed by atoms with Gasteiger partial charge in [-0.05, 0) is 98.8 Å². The third-order valence-corrected chi connectivity index (χ3v) is 11.6. The summed E-state index contributed by atoms with van der Waals surface area (Å²) in [6.45, 7) is 0. The number of anilines is 3. The lowest BCUT2D eigenvalue weighted by Gasteiger charge is -2.28. The van der Waals surface area contributed by atoms with E-state index in [1.807, 2.05) is 24.3 Å². The molecule has 12 rings (SSSR count). The fourth-order valence-electron chi connectivity index (χ4n) is 8.87. The molecule has 268 valence electrons. The van der Waals surface area contributed by atoms with Gasteiger partial charge in [0.05, 0.1) is 16.8 Å². The average Bonchev–Trinajstić information content (AvgIpc) is 3.98. The standard InChI is InChI=1S/C53H34N2O2/c1-2-11-33(12-3-1)34-21-23-35(24-22-34)53-54-46-17-6-7-18-47(46)55(53)41-14-10-13-36(31-41)37-25-26-39-30-40(28-27-38(39)29-37)44-32-45-42-15-4-8-19-48(42)56-52(45)50-43-16-5-9-20-49(43)57-51(44)50/h1-32,53-54H. The predicted octanol–water partition coefficient (Wildman–Crippen LogP) is 14.9. The Hall–Kier alpha value is -7.56. The third kappa shape index (κ3) is 5.08. The Morgan fingerprint density at radius 3 is 1.88 bits per heavy atom. The highest BCUT2D eigenvalue weighted by Gasteiger charge is 2.31. The van der Waals surface area contributed by atoms with Gasteiger partial charge in [0, 0.05) is 27.4 Å². The van der Waals surface area contributed by atoms with Crippen molar-refractivity contribution in [3.63, 3.8) is 0 Å². The summed E-state index contributed by atoms with van der Waals surface area (Å²) in [5.41, 5.74) is 15.0. The van der Waals surface area contributed by atoms with Crippen LogP contribution >= 0.6 is 0 Å². The second-order valence-electron chi connectivity index (χ2n) is 15.0. The molecule has 1 aliphatic heterocycles. The monoisotopic (exact) mass is 730 g/mol. The lowest BCUT2D eigenvalue weighted by Crippen LogP contribution is -2.23. The number of para-hydroxylation sites is 4. The van der Waals surface area contributed by atoms with E-state index < -0.39 is 0 Å². The molecule has 0 spiro atoms. The summed E-state index contributed by atoms with van der Waals surface area (Å²) >= 11 is 0. The van der Waals surface area contributed by atoms with Gasteiger partial charge in [-0.15, -0.1) is 0 Å². The van der Waals surface area contributed by atoms with Crippen molar-refractivity contribution in [2.24, 2.45) is 0 Å². The van der Waals surface area contributed by atoms with E-state index in [-0.39, 0.29) is 6.17 Å². The molecule has 0 saturated heterocycles. The van der Waals surface area contributed by atoms with Crippen LogP contribution in [0.3, 0.4) is 0 Å². The first-order valence-electron chi connectivity index (χ1n) is 19.4. The summed E-state index contributed by atoms with van der Waals surface area (Å²) in [5.74, 6) is 0. The van der Waals surface area contributed by atoms with Gasteiger partial charge in [-0.1, -0.05) is 140 Å². The zero-order chi connectivity index (χ0) is 37.5. The number of nitrogens with zero attached hydrogens (tertiary/aromatic N) is 1. The van der Waals surface area contributed by atoms with Gasteiger partial charge in [0.2, 0.25) is 0 Å². The highest BCUT2D eigenvalue weighted by molar-refractivity contribution is 6.25. The smallest absolute Gasteiger partial charge is 0.147 e. The van der Waals surface area contributed by atoms with Crippen molar-refractivity contribution in [3.05, 3.63) is 200 Å². The number of benzene rings is 9. The molecule has 4 nitrogen and oxygen atoms in total. The van der Waals surface area contributed by atoms with Gasteiger partial charge in [0.15, 0.2) is 0 Å². The van der Waals surface area contributed by atoms with Crippen LogP contribution in [0.2, 0.25) is 0 Å². The first kappa shape index (κ1) is 31.8. The first-order chi connectivity index (χ1) is 28.2. The molecule has 1 unspecified atom stereocenters. The normalized spacial score (nSPS) is 13.9. The second-order valence-corrected chi connectivity index (χ2v) is 15.0. The van der Waals surface area contributed by atoms with E-state index in [1.54, 1.807) is 0 Å². The van der Waals surface area contributed by atoms with Crippen molar-refractivity contribution in [1.82, 2.24) is 0 Å². The summed E-state index contributed by atoms with van der Waals surface area (Å²) in [4.78, 5) is 2.42. The van der Waals surface area contributed by atoms with Crippen LogP contribution in [-0.4, -0.2) is 0 Å². The summed E-state index contributed by atoms with van der Waals surface area (Å²) in [5, 5.41) is 10.4. The maximum absolute atomic E-state index is 6.60. The summed E-state index contributed by atoms with van der Waals surface area (Å²) in [6, 6.07) is 69.2. The average molecular weight is 731 g/mol. The molecule has 1 aliphatic rings. The topological polar surface area (TPSA) is 41.5 Å². The van der Waals surface area contributed by atoms with E-state index in [2.05, 4.69) is 180 Å². The second kappa shape index (κ2) is 12.5. The van der Waals surface area contributed by atoms with Crippen molar-refractivity contribution >= 4 is 71.7 Å². The van der Waals surface area contributed by atoms with E-state index in [0.29, 0.717) is 0 Å². The number of furan rings is 2. The van der Waals surface area contributed by atoms with Gasteiger partial charge in [0.1, 0.15) is 28.5 Å². The van der Waals surface area contributed by atoms with E-state index in [1.165, 1.54) is 38.6 Å². The summed E-state index contributed by atoms with van der Waals surface area (Å²) in [7, 11) is 0. The molecule has 0 fully saturated rings. The molecule has 2 aromatic heterocycles. The fourth-order valence-corrected chi connectivity index (χ4v) is 8.87. The molecule has 0 saturated carbocycles. The van der Waals surface area contributed by atoms with E-state index in [4.69, 9.17) is 8.83 Å². The zero-order valence-electron chi connectivity index (χ0n) is 30.8. The largest absolute Gasteiger partial charge is 0.455 e. The predicted molar refractivity (Wildman–Crippen MR) is 236 cm³/mol. The number of nitrogens with one attached hydrogen (secondary N) is 1. The van der Waals surface area contributed by atoms with Crippen LogP contribution < -0.4 is 10.2 Å². The highest BCUT2D eigenvalue weighted by atomic mass is 16.3. The Labute approximate surface area is 328 Å². The number of hydrogen-bond donors (Lipinski definition) is 1. The van der Waals surface area contributed by atoms with Crippen molar-refractivity contribution < 1.29 is 8.83 Å². The molecule has 0 bridgehead atoms. The third-order valence-electron chi connectivity index (χ3n) is 11.6. The fraction of sp³-hybridized carbons (Fsp3) is 0.0189. The Balaban J connectivity index is 0.923. The molecule has 0 aliphatic carbocycles. The van der Waals surface area contributed by atoms with Crippen LogP contribution in [0.15, 0.2) is 203 Å². The Morgan fingerprint density at radius 1 is 0.421 bits per heavy atom. The maximum atomic E-state index is 6.60. The molecule has 57 heavy (non-hydrogen) atoms. The van der Waals surface area contributed by atoms with Crippen LogP contribution in [-0.2, 0) is 0 Å². The molecular weight excluding hydrogens is 697 g/mol. The van der Waals surface area contributed by atoms with Crippen LogP contribution in [0.1, 0.15) is 11.7 Å². The quantitative estimate of drug-likeness (QED) is 0.191. The van der Waals surface area contributed by atoms with E-state index in [9.17, 15) is 0 Å². The summed E-state index contributed by atoms with van der Waals surface area (Å²) in [6.07, 6.45) is -0.0463. The van der Waals surface area contributed by atoms with Crippen LogP contribution in [0.5, 0.6) is 0 Å². The maximum Gasteiger partial charge on any atom is 0.147 e. The molecule has 1 atom stereocenters. The van der Waals surface area contributed by atoms with Crippen molar-refractivity contribution in [3.8, 4) is 33.4 Å². The van der Waals surface area contributed by atoms with Crippen molar-refractivity contribution in [2.75, 3.05) is 10.2 Å². The minimum absolute atomic E-state index is 0.0463. The van der Waals surface area contributed by atoms with Gasteiger partial charge in [0.25, 0.3) is 0 Å². The van der Waals surface area contributed by atoms with Crippen molar-refractivity contribution in [1.29, 1.82) is 0 Å². The molecule has 0 amide bonds. The highest BCUT2D eigenvalue weighted by Crippen LogP contribution is 2.48. The van der Waals surface area contributed by atoms with Gasteiger partial charge in [-0.2, -0.15) is 0 Å². The Kier molecular flexibility index (Phi) is 6.96. The van der Waals surface area contributed by atoms with Crippen LogP contribution in [0.4, 0.5) is 17.1 Å². The van der Waals surface area contributed by atoms with Gasteiger partial charge in [-0.25, -0.2) is 0 Å². The Morgan fingerprint density at radius 2 is 1.04 bits per heavy atom. The number of rotatable bonds is 5. The lowest BCUT2D eigenvalue weighted by molar-refractivity contribution is 0.663. The molecule has 0 radical (unpaired) electrons. The van der Waals surface area contributed by atoms with Gasteiger partial charge >= 0.3 is 0 Å². The van der Waals surface area contributed by atoms with Crippen LogP contribution in [0, 0.1) is 0 Å². The molecule has 1 N–H and O–H groups in total. The molecule has 11 aromatic rings. The van der Waals surface area contributed by atoms with E-state index >= 15 is 0 Å². The van der Waals surface area contributed by atoms with Crippen molar-refractivity contribution in [2.45, 2.75) is 6.17 Å². The minimum Gasteiger partial charge on any atom is -0.455 e. The lowest BCUT2D eigenvalue weighted by atomic mass is 9.95. The summed E-state index contributed by atoms with van der Waals surface area (Å²) < 4.78 is 13.1. The van der Waals surface area contributed by atoms with Crippen LogP contribution in [0.25, 0.3) is 88.0 Å². The molecular formula is C53H34N2O2. The molecule has 9 aromatic carbocycles.